The van der Waals surface area contributed by atoms with E-state index in [2.05, 4.69) is 20.3 Å². The van der Waals surface area contributed by atoms with Crippen LogP contribution in [0.15, 0.2) is 53.7 Å². The number of nitrogens with one attached hydrogen (secondary N) is 3. The van der Waals surface area contributed by atoms with E-state index < -0.39 is 10.0 Å². The van der Waals surface area contributed by atoms with Gasteiger partial charge in [-0.15, -0.1) is 24.8 Å². The van der Waals surface area contributed by atoms with Gasteiger partial charge >= 0.3 is 0 Å². The molecule has 1 aromatic carbocycles. The van der Waals surface area contributed by atoms with E-state index in [9.17, 15) is 13.2 Å². The van der Waals surface area contributed by atoms with Gasteiger partial charge in [-0.3, -0.25) is 14.5 Å². The SMILES string of the molecule is CNC(C)CNC(=O)c1ccc(S(=O)(=O)Nc2ccncc2)cc1.Cl.Cl. The minimum Gasteiger partial charge on any atom is -0.350 e. The maximum atomic E-state index is 12.3. The lowest BCUT2D eigenvalue weighted by molar-refractivity contribution is 0.0950. The number of carbonyl (C=O) groups excluding carboxylic acids is 1. The lowest BCUT2D eigenvalue weighted by atomic mass is 10.2. The molecular formula is C16H22Cl2N4O3S. The number of likely N-dealkylation sites (N-methyl/N-ethyl adjacent to an activating group) is 1. The van der Waals surface area contributed by atoms with Crippen molar-refractivity contribution in [1.29, 1.82) is 0 Å². The monoisotopic (exact) mass is 420 g/mol. The number of nitrogens with zero attached hydrogens (tertiary/aromatic N) is 1. The van der Waals surface area contributed by atoms with Crippen molar-refractivity contribution in [3.8, 4) is 0 Å². The topological polar surface area (TPSA) is 100 Å². The zero-order valence-electron chi connectivity index (χ0n) is 14.3. The lowest BCUT2D eigenvalue weighted by Gasteiger charge is -2.12. The highest BCUT2D eigenvalue weighted by molar-refractivity contribution is 7.92. The van der Waals surface area contributed by atoms with Crippen molar-refractivity contribution in [2.45, 2.75) is 17.9 Å². The van der Waals surface area contributed by atoms with Gasteiger partial charge in [0.1, 0.15) is 0 Å². The number of amides is 1. The minimum absolute atomic E-state index is 0. The first-order chi connectivity index (χ1) is 11.4. The van der Waals surface area contributed by atoms with Crippen LogP contribution in [-0.2, 0) is 10.0 Å². The summed E-state index contributed by atoms with van der Waals surface area (Å²) in [5.74, 6) is -0.247. The molecule has 0 saturated heterocycles. The van der Waals surface area contributed by atoms with Crippen molar-refractivity contribution in [3.05, 3.63) is 54.4 Å². The van der Waals surface area contributed by atoms with Crippen LogP contribution in [0.1, 0.15) is 17.3 Å². The third kappa shape index (κ3) is 6.80. The average molecular weight is 421 g/mol. The van der Waals surface area contributed by atoms with E-state index >= 15 is 0 Å². The Morgan fingerprint density at radius 2 is 1.65 bits per heavy atom. The van der Waals surface area contributed by atoms with Crippen molar-refractivity contribution in [1.82, 2.24) is 15.6 Å². The van der Waals surface area contributed by atoms with Gasteiger partial charge in [0.25, 0.3) is 15.9 Å². The van der Waals surface area contributed by atoms with E-state index in [-0.39, 0.29) is 41.7 Å². The molecule has 0 fully saturated rings. The van der Waals surface area contributed by atoms with Gasteiger partial charge in [-0.2, -0.15) is 0 Å². The Morgan fingerprint density at radius 1 is 1.08 bits per heavy atom. The van der Waals surface area contributed by atoms with Crippen LogP contribution in [0.2, 0.25) is 0 Å². The van der Waals surface area contributed by atoms with Crippen molar-refractivity contribution in [2.24, 2.45) is 0 Å². The first-order valence-corrected chi connectivity index (χ1v) is 8.89. The Hall–Kier alpha value is -1.87. The Kier molecular flexibility index (Phi) is 10.2. The summed E-state index contributed by atoms with van der Waals surface area (Å²) < 4.78 is 27.0. The molecule has 1 atom stereocenters. The molecule has 0 aliphatic rings. The van der Waals surface area contributed by atoms with Crippen molar-refractivity contribution < 1.29 is 13.2 Å². The number of hydrogen-bond donors (Lipinski definition) is 3. The van der Waals surface area contributed by atoms with Crippen LogP contribution in [0.3, 0.4) is 0 Å². The van der Waals surface area contributed by atoms with Gasteiger partial charge in [-0.1, -0.05) is 0 Å². The number of aromatic nitrogens is 1. The van der Waals surface area contributed by atoms with Gasteiger partial charge in [0, 0.05) is 30.5 Å². The normalized spacial score (nSPS) is 11.5. The molecule has 0 bridgehead atoms. The molecule has 2 rings (SSSR count). The maximum Gasteiger partial charge on any atom is 0.261 e. The summed E-state index contributed by atoms with van der Waals surface area (Å²) in [6.07, 6.45) is 2.99. The highest BCUT2D eigenvalue weighted by atomic mass is 35.5. The van der Waals surface area contributed by atoms with Gasteiger partial charge in [0.15, 0.2) is 0 Å². The van der Waals surface area contributed by atoms with Crippen molar-refractivity contribution in [3.63, 3.8) is 0 Å². The van der Waals surface area contributed by atoms with Crippen LogP contribution in [0.25, 0.3) is 0 Å². The molecule has 1 aromatic heterocycles. The number of anilines is 1. The van der Waals surface area contributed by atoms with Gasteiger partial charge in [0.05, 0.1) is 10.6 Å². The Bertz CT molecular complexity index is 787. The number of halogens is 2. The number of rotatable bonds is 7. The maximum absolute atomic E-state index is 12.3. The zero-order chi connectivity index (χ0) is 17.6. The molecule has 1 heterocycles. The largest absolute Gasteiger partial charge is 0.350 e. The molecule has 144 valence electrons. The van der Waals surface area contributed by atoms with E-state index in [1.54, 1.807) is 12.1 Å². The summed E-state index contributed by atoms with van der Waals surface area (Å²) in [6.45, 7) is 2.43. The molecule has 10 heteroatoms. The highest BCUT2D eigenvalue weighted by Gasteiger charge is 2.15. The Balaban J connectivity index is 0.00000312. The van der Waals surface area contributed by atoms with Gasteiger partial charge in [-0.05, 0) is 50.4 Å². The molecule has 0 saturated carbocycles. The molecule has 3 N–H and O–H groups in total. The molecule has 7 nitrogen and oxygen atoms in total. The van der Waals surface area contributed by atoms with Crippen LogP contribution < -0.4 is 15.4 Å². The first kappa shape index (κ1) is 24.1. The number of sulfonamides is 1. The molecular weight excluding hydrogens is 399 g/mol. The summed E-state index contributed by atoms with van der Waals surface area (Å²) in [7, 11) is -1.89. The fraction of sp³-hybridized carbons (Fsp3) is 0.250. The number of pyridine rings is 1. The molecule has 1 unspecified atom stereocenters. The first-order valence-electron chi connectivity index (χ1n) is 7.41. The summed E-state index contributed by atoms with van der Waals surface area (Å²) in [6, 6.07) is 9.05. The van der Waals surface area contributed by atoms with E-state index in [0.717, 1.165) is 0 Å². The van der Waals surface area contributed by atoms with Crippen LogP contribution in [0.4, 0.5) is 5.69 Å². The minimum atomic E-state index is -3.70. The second-order valence-electron chi connectivity index (χ2n) is 5.27. The third-order valence-electron chi connectivity index (χ3n) is 3.42. The fourth-order valence-corrected chi connectivity index (χ4v) is 2.93. The molecule has 0 aliphatic heterocycles. The highest BCUT2D eigenvalue weighted by Crippen LogP contribution is 2.15. The zero-order valence-corrected chi connectivity index (χ0v) is 16.7. The third-order valence-corrected chi connectivity index (χ3v) is 4.82. The second kappa shape index (κ2) is 11.0. The Labute approximate surface area is 165 Å². The molecule has 0 aliphatic carbocycles. The smallest absolute Gasteiger partial charge is 0.261 e. The Morgan fingerprint density at radius 3 is 2.19 bits per heavy atom. The predicted molar refractivity (Wildman–Crippen MR) is 107 cm³/mol. The van der Waals surface area contributed by atoms with E-state index in [1.807, 2.05) is 14.0 Å². The molecule has 1 amide bonds. The van der Waals surface area contributed by atoms with Gasteiger partial charge in [0.2, 0.25) is 0 Å². The van der Waals surface area contributed by atoms with Crippen molar-refractivity contribution in [2.75, 3.05) is 18.3 Å². The molecule has 26 heavy (non-hydrogen) atoms. The van der Waals surface area contributed by atoms with Crippen LogP contribution in [0, 0.1) is 0 Å². The standard InChI is InChI=1S/C16H20N4O3S.2ClH/c1-12(17-2)11-19-16(21)13-3-5-15(6-4-13)24(22,23)20-14-7-9-18-10-8-14;;/h3-10,12,17H,11H2,1-2H3,(H,18,20)(H,19,21);2*1H. The van der Waals surface area contributed by atoms with Crippen LogP contribution in [0.5, 0.6) is 0 Å². The lowest BCUT2D eigenvalue weighted by Crippen LogP contribution is -2.37. The van der Waals surface area contributed by atoms with E-state index in [4.69, 9.17) is 0 Å². The van der Waals surface area contributed by atoms with Gasteiger partial charge in [-0.25, -0.2) is 8.42 Å². The second-order valence-corrected chi connectivity index (χ2v) is 6.95. The van der Waals surface area contributed by atoms with E-state index in [1.165, 1.54) is 36.7 Å². The summed E-state index contributed by atoms with van der Waals surface area (Å²) in [5, 5.41) is 5.79. The molecule has 0 radical (unpaired) electrons. The average Bonchev–Trinajstić information content (AvgIpc) is 2.60. The molecule has 2 aromatic rings. The summed E-state index contributed by atoms with van der Waals surface area (Å²) in [4.78, 5) is 15.9. The number of benzene rings is 1. The number of carbonyl (C=O) groups is 1. The summed E-state index contributed by atoms with van der Waals surface area (Å²) >= 11 is 0. The number of hydrogen-bond acceptors (Lipinski definition) is 5. The van der Waals surface area contributed by atoms with Crippen LogP contribution in [-0.4, -0.2) is 38.9 Å². The van der Waals surface area contributed by atoms with Crippen molar-refractivity contribution >= 4 is 46.4 Å². The predicted octanol–water partition coefficient (Wildman–Crippen LogP) is 2.06. The fourth-order valence-electron chi connectivity index (χ4n) is 1.87. The van der Waals surface area contributed by atoms with E-state index in [0.29, 0.717) is 17.8 Å². The summed E-state index contributed by atoms with van der Waals surface area (Å²) in [5.41, 5.74) is 0.828. The van der Waals surface area contributed by atoms with Gasteiger partial charge < -0.3 is 10.6 Å². The van der Waals surface area contributed by atoms with Crippen LogP contribution >= 0.6 is 24.8 Å². The quantitative estimate of drug-likeness (QED) is 0.636. The molecule has 0 spiro atoms.